The monoisotopic (exact) mass is 411 g/mol. The summed E-state index contributed by atoms with van der Waals surface area (Å²) in [7, 11) is 0. The Morgan fingerprint density at radius 1 is 1.25 bits per heavy atom. The Kier molecular flexibility index (Phi) is 7.00. The van der Waals surface area contributed by atoms with Crippen molar-refractivity contribution in [3.8, 4) is 0 Å². The first-order chi connectivity index (χ1) is 13.1. The Balaban J connectivity index is 1.75. The Morgan fingerprint density at radius 3 is 2.46 bits per heavy atom. The van der Waals surface area contributed by atoms with Crippen LogP contribution in [0.3, 0.4) is 0 Å². The number of carbonyl (C=O) groups is 4. The number of nitrogens with zero attached hydrogens (tertiary/aromatic N) is 1. The van der Waals surface area contributed by atoms with Crippen LogP contribution in [0.5, 0.6) is 0 Å². The molecule has 2 rings (SSSR count). The predicted molar refractivity (Wildman–Crippen MR) is 103 cm³/mol. The second kappa shape index (κ2) is 9.05. The zero-order valence-corrected chi connectivity index (χ0v) is 17.0. The molecule has 0 atom stereocenters. The molecule has 1 aromatic heterocycles. The van der Waals surface area contributed by atoms with Gasteiger partial charge in [-0.25, -0.2) is 4.79 Å². The minimum atomic E-state index is -0.648. The van der Waals surface area contributed by atoms with E-state index < -0.39 is 36.1 Å². The van der Waals surface area contributed by atoms with Crippen LogP contribution in [0.25, 0.3) is 0 Å². The quantitative estimate of drug-likeness (QED) is 0.713. The van der Waals surface area contributed by atoms with Crippen molar-refractivity contribution in [3.63, 3.8) is 0 Å². The number of nitrogens with two attached hydrogens (primary N) is 1. The number of rotatable bonds is 5. The summed E-state index contributed by atoms with van der Waals surface area (Å²) in [5, 5.41) is 4.45. The normalized spacial score (nSPS) is 15.0. The number of piperidine rings is 1. The summed E-state index contributed by atoms with van der Waals surface area (Å²) >= 11 is 1.15. The van der Waals surface area contributed by atoms with Crippen molar-refractivity contribution in [2.24, 2.45) is 11.7 Å². The van der Waals surface area contributed by atoms with Crippen LogP contribution in [0.2, 0.25) is 0 Å². The van der Waals surface area contributed by atoms with Gasteiger partial charge in [-0.2, -0.15) is 0 Å². The molecule has 1 aliphatic rings. The Morgan fingerprint density at radius 2 is 1.89 bits per heavy atom. The van der Waals surface area contributed by atoms with Crippen LogP contribution in [0.4, 0.5) is 9.80 Å². The van der Waals surface area contributed by atoms with Crippen LogP contribution in [0.1, 0.15) is 44.0 Å². The third-order valence-corrected chi connectivity index (χ3v) is 4.84. The van der Waals surface area contributed by atoms with Crippen LogP contribution in [-0.2, 0) is 19.1 Å². The molecule has 1 aromatic rings. The van der Waals surface area contributed by atoms with Gasteiger partial charge in [-0.1, -0.05) is 0 Å². The van der Waals surface area contributed by atoms with Crippen LogP contribution in [0.15, 0.2) is 11.4 Å². The van der Waals surface area contributed by atoms with Gasteiger partial charge in [0.05, 0.1) is 11.5 Å². The molecule has 1 saturated heterocycles. The third-order valence-electron chi connectivity index (χ3n) is 4.01. The minimum absolute atomic E-state index is 0.208. The van der Waals surface area contributed by atoms with E-state index in [1.165, 1.54) is 6.07 Å². The first kappa shape index (κ1) is 21.7. The molecule has 154 valence electrons. The molecule has 0 saturated carbocycles. The fraction of sp³-hybridized carbons (Fsp3) is 0.556. The highest BCUT2D eigenvalue weighted by molar-refractivity contribution is 7.14. The molecule has 0 spiro atoms. The first-order valence-electron chi connectivity index (χ1n) is 8.88. The first-order valence-corrected chi connectivity index (χ1v) is 9.76. The maximum atomic E-state index is 12.2. The van der Waals surface area contributed by atoms with Gasteiger partial charge in [-0.05, 0) is 45.1 Å². The van der Waals surface area contributed by atoms with Gasteiger partial charge in [0, 0.05) is 13.1 Å². The molecule has 3 amide bonds. The molecule has 0 unspecified atom stereocenters. The highest BCUT2D eigenvalue weighted by atomic mass is 32.1. The second-order valence-electron chi connectivity index (χ2n) is 7.43. The molecule has 10 heteroatoms. The van der Waals surface area contributed by atoms with Crippen LogP contribution >= 0.6 is 11.3 Å². The fourth-order valence-electron chi connectivity index (χ4n) is 2.64. The molecule has 0 aromatic carbocycles. The fourth-order valence-corrected chi connectivity index (χ4v) is 3.45. The lowest BCUT2D eigenvalue weighted by Gasteiger charge is -2.32. The van der Waals surface area contributed by atoms with Gasteiger partial charge in [0.2, 0.25) is 0 Å². The Bertz CT molecular complexity index is 747. The van der Waals surface area contributed by atoms with Crippen molar-refractivity contribution in [2.75, 3.05) is 25.0 Å². The van der Waals surface area contributed by atoms with Gasteiger partial charge in [0.1, 0.15) is 10.6 Å². The van der Waals surface area contributed by atoms with Gasteiger partial charge in [0.25, 0.3) is 11.8 Å². The Labute approximate surface area is 167 Å². The number of hydrogen-bond acceptors (Lipinski definition) is 7. The maximum absolute atomic E-state index is 12.2. The average Bonchev–Trinajstić information content (AvgIpc) is 3.06. The van der Waals surface area contributed by atoms with E-state index in [4.69, 9.17) is 15.2 Å². The minimum Gasteiger partial charge on any atom is -0.455 e. The van der Waals surface area contributed by atoms with Gasteiger partial charge in [-0.15, -0.1) is 11.3 Å². The molecule has 1 aliphatic heterocycles. The number of anilines is 1. The van der Waals surface area contributed by atoms with Crippen LogP contribution < -0.4 is 11.1 Å². The van der Waals surface area contributed by atoms with Gasteiger partial charge >= 0.3 is 12.1 Å². The van der Waals surface area contributed by atoms with E-state index in [-0.39, 0.29) is 11.5 Å². The van der Waals surface area contributed by atoms with E-state index in [1.807, 2.05) is 0 Å². The number of ether oxygens (including phenoxy) is 2. The number of likely N-dealkylation sites (tertiary alicyclic amines) is 1. The zero-order chi connectivity index (χ0) is 20.9. The Hall–Kier alpha value is -2.62. The molecule has 3 N–H and O–H groups in total. The van der Waals surface area contributed by atoms with Crippen molar-refractivity contribution in [1.29, 1.82) is 0 Å². The summed E-state index contributed by atoms with van der Waals surface area (Å²) < 4.78 is 10.4. The lowest BCUT2D eigenvalue weighted by Crippen LogP contribution is -2.43. The van der Waals surface area contributed by atoms with E-state index in [1.54, 1.807) is 31.1 Å². The van der Waals surface area contributed by atoms with E-state index in [2.05, 4.69) is 5.32 Å². The summed E-state index contributed by atoms with van der Waals surface area (Å²) in [6.45, 7) is 5.70. The third kappa shape index (κ3) is 6.22. The van der Waals surface area contributed by atoms with Crippen molar-refractivity contribution >= 4 is 40.2 Å². The topological polar surface area (TPSA) is 128 Å². The summed E-state index contributed by atoms with van der Waals surface area (Å²) in [6.07, 6.45) is 0.479. The van der Waals surface area contributed by atoms with Crippen molar-refractivity contribution in [1.82, 2.24) is 4.90 Å². The zero-order valence-electron chi connectivity index (χ0n) is 16.1. The number of amides is 3. The van der Waals surface area contributed by atoms with Crippen molar-refractivity contribution in [3.05, 3.63) is 17.0 Å². The molecule has 1 fully saturated rings. The highest BCUT2D eigenvalue weighted by Crippen LogP contribution is 2.23. The van der Waals surface area contributed by atoms with E-state index in [0.29, 0.717) is 30.9 Å². The number of esters is 1. The summed E-state index contributed by atoms with van der Waals surface area (Å²) in [4.78, 5) is 49.0. The van der Waals surface area contributed by atoms with Crippen molar-refractivity contribution < 1.29 is 28.7 Å². The van der Waals surface area contributed by atoms with Gasteiger partial charge in [0.15, 0.2) is 6.61 Å². The van der Waals surface area contributed by atoms with Gasteiger partial charge < -0.3 is 25.4 Å². The predicted octanol–water partition coefficient (Wildman–Crippen LogP) is 1.98. The smallest absolute Gasteiger partial charge is 0.410 e. The summed E-state index contributed by atoms with van der Waals surface area (Å²) in [6, 6.07) is 1.51. The van der Waals surface area contributed by atoms with Crippen LogP contribution in [-0.4, -0.2) is 54.1 Å². The second-order valence-corrected chi connectivity index (χ2v) is 8.34. The number of carbonyl (C=O) groups excluding carboxylic acids is 4. The molecule has 0 bridgehead atoms. The van der Waals surface area contributed by atoms with E-state index in [9.17, 15) is 19.2 Å². The lowest BCUT2D eigenvalue weighted by atomic mass is 9.97. The molecule has 2 heterocycles. The number of thiophene rings is 1. The molecule has 9 nitrogen and oxygen atoms in total. The molecule has 28 heavy (non-hydrogen) atoms. The van der Waals surface area contributed by atoms with Crippen LogP contribution in [0, 0.1) is 5.92 Å². The molecular formula is C18H25N3O6S. The highest BCUT2D eigenvalue weighted by Gasteiger charge is 2.31. The molecular weight excluding hydrogens is 386 g/mol. The van der Waals surface area contributed by atoms with Gasteiger partial charge in [-0.3, -0.25) is 14.4 Å². The molecule has 0 aliphatic carbocycles. The average molecular weight is 411 g/mol. The largest absolute Gasteiger partial charge is 0.455 e. The van der Waals surface area contributed by atoms with Crippen molar-refractivity contribution in [2.45, 2.75) is 39.2 Å². The standard InChI is InChI=1S/C18H25N3O6S/c1-18(2,3)27-17(25)21-7-4-11(5-8-21)16(24)26-10-13(22)20-15-12(14(19)23)6-9-28-15/h6,9,11H,4-5,7-8,10H2,1-3H3,(H2,19,23)(H,20,22). The number of hydrogen-bond donors (Lipinski definition) is 2. The lowest BCUT2D eigenvalue weighted by molar-refractivity contribution is -0.153. The number of primary amides is 1. The maximum Gasteiger partial charge on any atom is 0.410 e. The molecule has 0 radical (unpaired) electrons. The van der Waals surface area contributed by atoms with E-state index >= 15 is 0 Å². The number of nitrogens with one attached hydrogen (secondary N) is 1. The SMILES string of the molecule is CC(C)(C)OC(=O)N1CCC(C(=O)OCC(=O)Nc2sccc2C(N)=O)CC1. The summed E-state index contributed by atoms with van der Waals surface area (Å²) in [5.74, 6) is -2.07. The van der Waals surface area contributed by atoms with E-state index in [0.717, 1.165) is 11.3 Å². The summed E-state index contributed by atoms with van der Waals surface area (Å²) in [5.41, 5.74) is 4.85.